The number of carbonyl (C=O) groups excluding carboxylic acids is 1. The average Bonchev–Trinajstić information content (AvgIpc) is 3.43. The number of cyclic esters (lactones) is 1. The van der Waals surface area contributed by atoms with Gasteiger partial charge in [0.15, 0.2) is 18.9 Å². The van der Waals surface area contributed by atoms with Crippen LogP contribution in [0, 0.1) is 28.6 Å². The Morgan fingerprint density at radius 3 is 1.94 bits per heavy atom. The summed E-state index contributed by atoms with van der Waals surface area (Å²) in [6, 6.07) is 0. The first-order chi connectivity index (χ1) is 25.7. The second-order valence-electron chi connectivity index (χ2n) is 18.9. The molecular weight excluding hydrogens is 700 g/mol. The molecule has 8 fully saturated rings. The number of rotatable bonds is 7. The molecule has 0 aromatic rings. The number of carbonyl (C=O) groups is 1. The molecular formula is C41H62O13. The quantitative estimate of drug-likeness (QED) is 0.169. The Balaban J connectivity index is 0.770. The standard InChI is InChI=1S/C41H62O13/c1-20-35(46)27(42)16-33(48-20)52-37-22(3)50-34(18-29(37)44)53-36-21(2)49-32(17-28(36)43)51-25-7-10-38(4)24(15-25)6-12-40-30(38)9-11-39(5)26(8-13-41(39,40)54-40)23-14-31(45)47-19-23/h14,20-22,24-30,32-37,42-44,46H,6-13,15-19H2,1-5H3/t20-,21-,22-,24-,25+,26-,27+,28+,29+,30-,32+,33+,34+,35-,36-,37-,38+,39-,40+,41-/m1/s1. The lowest BCUT2D eigenvalue weighted by Gasteiger charge is -2.58. The van der Waals surface area contributed by atoms with Gasteiger partial charge in [-0.1, -0.05) is 13.8 Å². The van der Waals surface area contributed by atoms with E-state index in [-0.39, 0.29) is 53.4 Å². The van der Waals surface area contributed by atoms with Crippen molar-refractivity contribution in [3.8, 4) is 0 Å². The van der Waals surface area contributed by atoms with E-state index >= 15 is 0 Å². The first-order valence-corrected chi connectivity index (χ1v) is 20.9. The SMILES string of the molecule is C[C@H]1O[C@@H](O[C@H]2[C@@H](O)C[C@H](O[C@H]3[C@@H](O)C[C@H](O[C@H]4CC[C@@]5(C)[C@H](CC[C@@]67O[C@@]68CC[C@H](C6=CC(=O)OC6)[C@@]8(C)CC[C@H]57)C4)O[C@@H]3C)O[C@@H]2C)C[C@H](O)[C@@H]1O. The minimum absolute atomic E-state index is 0.0441. The molecule has 13 nitrogen and oxygen atoms in total. The Morgan fingerprint density at radius 2 is 1.33 bits per heavy atom. The van der Waals surface area contributed by atoms with E-state index in [0.29, 0.717) is 24.4 Å². The van der Waals surface area contributed by atoms with Gasteiger partial charge in [-0.3, -0.25) is 0 Å². The van der Waals surface area contributed by atoms with Crippen LogP contribution in [0.15, 0.2) is 11.6 Å². The van der Waals surface area contributed by atoms with Gasteiger partial charge in [0.1, 0.15) is 36.1 Å². The third-order valence-electron chi connectivity index (χ3n) is 16.2. The van der Waals surface area contributed by atoms with Gasteiger partial charge in [0.2, 0.25) is 0 Å². The molecule has 0 amide bonds. The summed E-state index contributed by atoms with van der Waals surface area (Å²) in [5.41, 5.74) is 1.25. The Morgan fingerprint density at radius 1 is 0.704 bits per heavy atom. The minimum Gasteiger partial charge on any atom is -0.458 e. The Labute approximate surface area is 318 Å². The summed E-state index contributed by atoms with van der Waals surface area (Å²) in [5, 5.41) is 42.5. The zero-order chi connectivity index (χ0) is 37.9. The highest BCUT2D eigenvalue weighted by molar-refractivity contribution is 5.85. The van der Waals surface area contributed by atoms with E-state index in [4.69, 9.17) is 37.9 Å². The maximum absolute atomic E-state index is 12.0. The van der Waals surface area contributed by atoms with E-state index in [9.17, 15) is 25.2 Å². The summed E-state index contributed by atoms with van der Waals surface area (Å²) < 4.78 is 49.5. The second-order valence-corrected chi connectivity index (χ2v) is 18.9. The summed E-state index contributed by atoms with van der Waals surface area (Å²) in [6.45, 7) is 10.7. The van der Waals surface area contributed by atoms with E-state index in [2.05, 4.69) is 13.8 Å². The smallest absolute Gasteiger partial charge is 0.331 e. The number of hydrogen-bond donors (Lipinski definition) is 4. The predicted molar refractivity (Wildman–Crippen MR) is 189 cm³/mol. The average molecular weight is 763 g/mol. The van der Waals surface area contributed by atoms with Gasteiger partial charge < -0.3 is 58.3 Å². The van der Waals surface area contributed by atoms with E-state index < -0.39 is 73.8 Å². The Bertz CT molecular complexity index is 1440. The van der Waals surface area contributed by atoms with Crippen LogP contribution in [-0.2, 0) is 42.7 Å². The van der Waals surface area contributed by atoms with Crippen LogP contribution in [0.25, 0.3) is 0 Å². The van der Waals surface area contributed by atoms with Gasteiger partial charge >= 0.3 is 5.97 Å². The lowest BCUT2D eigenvalue weighted by molar-refractivity contribution is -0.336. The fourth-order valence-electron chi connectivity index (χ4n) is 13.3. The number of esters is 1. The van der Waals surface area contributed by atoms with Gasteiger partial charge in [0.25, 0.3) is 0 Å². The predicted octanol–water partition coefficient (Wildman–Crippen LogP) is 3.41. The molecule has 5 heterocycles. The first kappa shape index (κ1) is 38.3. The maximum Gasteiger partial charge on any atom is 0.331 e. The molecule has 304 valence electrons. The number of aliphatic hydroxyl groups is 4. The molecule has 4 saturated carbocycles. The Hall–Kier alpha value is -1.23. The van der Waals surface area contributed by atoms with Crippen molar-refractivity contribution < 1.29 is 63.1 Å². The molecule has 5 aliphatic heterocycles. The van der Waals surface area contributed by atoms with Gasteiger partial charge in [0.05, 0.1) is 42.7 Å². The number of ether oxygens (including phenoxy) is 8. The molecule has 9 aliphatic rings. The summed E-state index contributed by atoms with van der Waals surface area (Å²) in [7, 11) is 0. The largest absolute Gasteiger partial charge is 0.458 e. The minimum atomic E-state index is -0.991. The molecule has 0 aromatic carbocycles. The van der Waals surface area contributed by atoms with Crippen LogP contribution >= 0.6 is 0 Å². The molecule has 0 bridgehead atoms. The molecule has 0 unspecified atom stereocenters. The van der Waals surface area contributed by atoms with E-state index in [1.807, 2.05) is 6.92 Å². The second kappa shape index (κ2) is 13.7. The van der Waals surface area contributed by atoms with Crippen molar-refractivity contribution in [2.75, 3.05) is 6.61 Å². The van der Waals surface area contributed by atoms with Crippen molar-refractivity contribution >= 4 is 5.97 Å². The van der Waals surface area contributed by atoms with Crippen LogP contribution in [0.1, 0.15) is 112 Å². The number of hydrogen-bond acceptors (Lipinski definition) is 13. The monoisotopic (exact) mass is 762 g/mol. The fourth-order valence-corrected chi connectivity index (χ4v) is 13.3. The summed E-state index contributed by atoms with van der Waals surface area (Å²) >= 11 is 0. The van der Waals surface area contributed by atoms with Crippen LogP contribution < -0.4 is 0 Å². The third kappa shape index (κ3) is 5.92. The third-order valence-corrected chi connectivity index (χ3v) is 16.2. The molecule has 2 spiro atoms. The van der Waals surface area contributed by atoms with E-state index in [1.54, 1.807) is 19.9 Å². The van der Waals surface area contributed by atoms with Crippen molar-refractivity contribution in [2.45, 2.75) is 203 Å². The van der Waals surface area contributed by atoms with Crippen molar-refractivity contribution in [3.05, 3.63) is 11.6 Å². The highest BCUT2D eigenvalue weighted by Gasteiger charge is 2.86. The maximum atomic E-state index is 12.0. The van der Waals surface area contributed by atoms with Gasteiger partial charge in [0, 0.05) is 30.8 Å². The molecule has 20 atom stereocenters. The van der Waals surface area contributed by atoms with E-state index in [1.165, 1.54) is 5.57 Å². The highest BCUT2D eigenvalue weighted by Crippen LogP contribution is 2.81. The lowest BCUT2D eigenvalue weighted by Crippen LogP contribution is -2.59. The van der Waals surface area contributed by atoms with Crippen molar-refractivity contribution in [1.82, 2.24) is 0 Å². The van der Waals surface area contributed by atoms with Gasteiger partial charge in [-0.2, -0.15) is 0 Å². The zero-order valence-electron chi connectivity index (χ0n) is 32.5. The van der Waals surface area contributed by atoms with Crippen LogP contribution in [-0.4, -0.2) is 124 Å². The normalized spacial score (nSPS) is 56.9. The molecule has 0 radical (unpaired) electrons. The van der Waals surface area contributed by atoms with Gasteiger partial charge in [-0.05, 0) is 107 Å². The molecule has 9 rings (SSSR count). The lowest BCUT2D eigenvalue weighted by atomic mass is 9.44. The first-order valence-electron chi connectivity index (χ1n) is 20.9. The molecule has 4 aliphatic carbocycles. The van der Waals surface area contributed by atoms with Gasteiger partial charge in [-0.15, -0.1) is 0 Å². The summed E-state index contributed by atoms with van der Waals surface area (Å²) in [6.07, 6.45) is 3.11. The van der Waals surface area contributed by atoms with Crippen molar-refractivity contribution in [2.24, 2.45) is 28.6 Å². The number of fused-ring (bicyclic) bond motifs is 2. The van der Waals surface area contributed by atoms with Gasteiger partial charge in [-0.25, -0.2) is 4.79 Å². The summed E-state index contributed by atoms with van der Waals surface area (Å²) in [5.74, 6) is 1.22. The van der Waals surface area contributed by atoms with Crippen LogP contribution in [0.4, 0.5) is 0 Å². The topological polar surface area (TPSA) is 175 Å². The number of aliphatic hydroxyl groups excluding tert-OH is 4. The Kier molecular flexibility index (Phi) is 9.70. The zero-order valence-corrected chi connectivity index (χ0v) is 32.5. The summed E-state index contributed by atoms with van der Waals surface area (Å²) in [4.78, 5) is 12.0. The molecule has 4 N–H and O–H groups in total. The molecule has 54 heavy (non-hydrogen) atoms. The molecule has 4 saturated heterocycles. The van der Waals surface area contributed by atoms with Crippen LogP contribution in [0.5, 0.6) is 0 Å². The highest BCUT2D eigenvalue weighted by atomic mass is 16.7. The van der Waals surface area contributed by atoms with E-state index in [0.717, 1.165) is 57.8 Å². The van der Waals surface area contributed by atoms with Crippen LogP contribution in [0.2, 0.25) is 0 Å². The molecule has 0 aromatic heterocycles. The van der Waals surface area contributed by atoms with Crippen molar-refractivity contribution in [3.63, 3.8) is 0 Å². The van der Waals surface area contributed by atoms with Crippen LogP contribution in [0.3, 0.4) is 0 Å². The molecule has 13 heteroatoms. The number of epoxide rings is 1. The fraction of sp³-hybridized carbons (Fsp3) is 0.927. The van der Waals surface area contributed by atoms with Crippen molar-refractivity contribution in [1.29, 1.82) is 0 Å².